The molecule has 7 heteroatoms. The number of aryl methyl sites for hydroxylation is 2. The zero-order valence-corrected chi connectivity index (χ0v) is 17.6. The molecule has 7 nitrogen and oxygen atoms in total. The Kier molecular flexibility index (Phi) is 5.68. The summed E-state index contributed by atoms with van der Waals surface area (Å²) in [4.78, 5) is 12.3. The van der Waals surface area contributed by atoms with E-state index in [0.717, 1.165) is 16.9 Å². The summed E-state index contributed by atoms with van der Waals surface area (Å²) in [6, 6.07) is 11.3. The van der Waals surface area contributed by atoms with Crippen LogP contribution in [0.1, 0.15) is 30.5 Å². The van der Waals surface area contributed by atoms with E-state index in [9.17, 15) is 4.79 Å². The molecule has 0 saturated carbocycles. The highest BCUT2D eigenvalue weighted by Crippen LogP contribution is 2.39. The number of para-hydroxylation sites is 1. The SMILES string of the molecule is COc1ccc(C2(C)OC(COc3c(C)cccc3C)=NN2C(C)=O)cc1OC. The van der Waals surface area contributed by atoms with Crippen LogP contribution in [0.3, 0.4) is 0 Å². The van der Waals surface area contributed by atoms with E-state index < -0.39 is 5.72 Å². The minimum absolute atomic E-state index is 0.109. The molecule has 0 aliphatic carbocycles. The van der Waals surface area contributed by atoms with Gasteiger partial charge in [-0.2, -0.15) is 5.01 Å². The average molecular weight is 398 g/mol. The maximum atomic E-state index is 12.3. The van der Waals surface area contributed by atoms with Gasteiger partial charge in [-0.05, 0) is 43.2 Å². The smallest absolute Gasteiger partial charge is 0.247 e. The summed E-state index contributed by atoms with van der Waals surface area (Å²) < 4.78 is 22.8. The zero-order valence-electron chi connectivity index (χ0n) is 17.6. The molecule has 0 bridgehead atoms. The molecule has 1 aliphatic rings. The molecule has 1 aliphatic heterocycles. The van der Waals surface area contributed by atoms with Gasteiger partial charge >= 0.3 is 0 Å². The van der Waals surface area contributed by atoms with Crippen LogP contribution in [-0.4, -0.2) is 37.6 Å². The second kappa shape index (κ2) is 8.03. The van der Waals surface area contributed by atoms with E-state index in [1.165, 1.54) is 11.9 Å². The van der Waals surface area contributed by atoms with Gasteiger partial charge in [0.15, 0.2) is 18.1 Å². The lowest BCUT2D eigenvalue weighted by Gasteiger charge is -2.31. The Morgan fingerprint density at radius 3 is 2.34 bits per heavy atom. The molecule has 1 unspecified atom stereocenters. The van der Waals surface area contributed by atoms with E-state index in [0.29, 0.717) is 23.0 Å². The van der Waals surface area contributed by atoms with E-state index in [2.05, 4.69) is 5.10 Å². The van der Waals surface area contributed by atoms with Crippen LogP contribution in [0.2, 0.25) is 0 Å². The minimum Gasteiger partial charge on any atom is -0.493 e. The number of benzene rings is 2. The van der Waals surface area contributed by atoms with Crippen LogP contribution < -0.4 is 14.2 Å². The van der Waals surface area contributed by atoms with Crippen molar-refractivity contribution in [2.75, 3.05) is 20.8 Å². The third-order valence-electron chi connectivity index (χ3n) is 4.90. The van der Waals surface area contributed by atoms with Crippen molar-refractivity contribution >= 4 is 11.8 Å². The fourth-order valence-corrected chi connectivity index (χ4v) is 3.40. The Morgan fingerprint density at radius 1 is 1.10 bits per heavy atom. The first kappa shape index (κ1) is 20.5. The molecule has 0 radical (unpaired) electrons. The summed E-state index contributed by atoms with van der Waals surface area (Å²) in [6.45, 7) is 7.30. The highest BCUT2D eigenvalue weighted by atomic mass is 16.6. The van der Waals surface area contributed by atoms with Gasteiger partial charge in [-0.15, -0.1) is 5.10 Å². The lowest BCUT2D eigenvalue weighted by Crippen LogP contribution is -2.41. The van der Waals surface area contributed by atoms with Crippen molar-refractivity contribution in [1.29, 1.82) is 0 Å². The number of ether oxygens (including phenoxy) is 4. The van der Waals surface area contributed by atoms with Gasteiger partial charge in [-0.3, -0.25) is 4.79 Å². The van der Waals surface area contributed by atoms with Crippen molar-refractivity contribution in [1.82, 2.24) is 5.01 Å². The molecule has 3 rings (SSSR count). The van der Waals surface area contributed by atoms with E-state index in [-0.39, 0.29) is 12.5 Å². The van der Waals surface area contributed by atoms with Crippen molar-refractivity contribution in [2.45, 2.75) is 33.4 Å². The largest absolute Gasteiger partial charge is 0.493 e. The Hall–Kier alpha value is -3.22. The zero-order chi connectivity index (χ0) is 21.2. The highest BCUT2D eigenvalue weighted by molar-refractivity contribution is 5.84. The van der Waals surface area contributed by atoms with Crippen molar-refractivity contribution in [3.8, 4) is 17.2 Å². The van der Waals surface area contributed by atoms with Crippen molar-refractivity contribution < 1.29 is 23.7 Å². The summed E-state index contributed by atoms with van der Waals surface area (Å²) >= 11 is 0. The molecular weight excluding hydrogens is 372 g/mol. The number of hydrogen-bond acceptors (Lipinski definition) is 6. The number of carbonyl (C=O) groups excluding carboxylic acids is 1. The molecule has 2 aromatic rings. The van der Waals surface area contributed by atoms with Gasteiger partial charge in [0.25, 0.3) is 0 Å². The quantitative estimate of drug-likeness (QED) is 0.741. The molecule has 1 amide bonds. The van der Waals surface area contributed by atoms with E-state index in [4.69, 9.17) is 18.9 Å². The summed E-state index contributed by atoms with van der Waals surface area (Å²) in [5, 5.41) is 5.69. The topological polar surface area (TPSA) is 69.6 Å². The second-order valence-corrected chi connectivity index (χ2v) is 6.99. The summed E-state index contributed by atoms with van der Waals surface area (Å²) in [7, 11) is 3.13. The lowest BCUT2D eigenvalue weighted by molar-refractivity contribution is -0.146. The van der Waals surface area contributed by atoms with Crippen molar-refractivity contribution in [2.24, 2.45) is 5.10 Å². The minimum atomic E-state index is -1.12. The standard InChI is InChI=1S/C22H26N2O5/c1-14-8-7-9-15(2)21(14)28-13-20-23-24(16(3)25)22(4,29-20)17-10-11-18(26-5)19(12-17)27-6/h7-12H,13H2,1-6H3. The number of rotatable bonds is 6. The molecule has 0 spiro atoms. The molecule has 0 aromatic heterocycles. The van der Waals surface area contributed by atoms with E-state index in [1.54, 1.807) is 33.3 Å². The molecule has 29 heavy (non-hydrogen) atoms. The fourth-order valence-electron chi connectivity index (χ4n) is 3.40. The Bertz CT molecular complexity index is 936. The molecule has 0 saturated heterocycles. The number of methoxy groups -OCH3 is 2. The summed E-state index contributed by atoms with van der Waals surface area (Å²) in [6.07, 6.45) is 0. The van der Waals surface area contributed by atoms with E-state index >= 15 is 0 Å². The third-order valence-corrected chi connectivity index (χ3v) is 4.90. The van der Waals surface area contributed by atoms with Gasteiger partial charge in [0.1, 0.15) is 5.75 Å². The molecule has 1 atom stereocenters. The normalized spacial score (nSPS) is 18.1. The molecule has 154 valence electrons. The van der Waals surface area contributed by atoms with Gasteiger partial charge in [-0.25, -0.2) is 0 Å². The monoisotopic (exact) mass is 398 g/mol. The van der Waals surface area contributed by atoms with E-state index in [1.807, 2.05) is 38.1 Å². The number of nitrogens with zero attached hydrogens (tertiary/aromatic N) is 2. The van der Waals surface area contributed by atoms with Gasteiger partial charge in [-0.1, -0.05) is 18.2 Å². The summed E-state index contributed by atoms with van der Waals surface area (Å²) in [5.74, 6) is 1.99. The van der Waals surface area contributed by atoms with Crippen LogP contribution in [-0.2, 0) is 15.3 Å². The Morgan fingerprint density at radius 2 is 1.76 bits per heavy atom. The first-order chi connectivity index (χ1) is 13.8. The molecule has 1 heterocycles. The number of hydrogen-bond donors (Lipinski definition) is 0. The number of amides is 1. The van der Waals surface area contributed by atoms with Gasteiger partial charge in [0, 0.05) is 19.4 Å². The van der Waals surface area contributed by atoms with Gasteiger partial charge in [0.05, 0.1) is 14.2 Å². The third kappa shape index (κ3) is 3.85. The second-order valence-electron chi connectivity index (χ2n) is 6.99. The van der Waals surface area contributed by atoms with Crippen LogP contribution in [0.25, 0.3) is 0 Å². The predicted molar refractivity (Wildman–Crippen MR) is 109 cm³/mol. The van der Waals surface area contributed by atoms with Crippen molar-refractivity contribution in [3.05, 3.63) is 53.1 Å². The van der Waals surface area contributed by atoms with Gasteiger partial charge < -0.3 is 18.9 Å². The van der Waals surface area contributed by atoms with Gasteiger partial charge in [0.2, 0.25) is 17.5 Å². The van der Waals surface area contributed by atoms with Crippen LogP contribution >= 0.6 is 0 Å². The highest BCUT2D eigenvalue weighted by Gasteiger charge is 2.45. The molecule has 2 aromatic carbocycles. The molecule has 0 fully saturated rings. The first-order valence-electron chi connectivity index (χ1n) is 9.29. The average Bonchev–Trinajstić information content (AvgIpc) is 3.05. The maximum absolute atomic E-state index is 12.3. The Balaban J connectivity index is 1.87. The Labute approximate surface area is 170 Å². The van der Waals surface area contributed by atoms with Crippen LogP contribution in [0, 0.1) is 13.8 Å². The molecule has 0 N–H and O–H groups in total. The van der Waals surface area contributed by atoms with Crippen LogP contribution in [0.5, 0.6) is 17.2 Å². The van der Waals surface area contributed by atoms with Crippen LogP contribution in [0.15, 0.2) is 41.5 Å². The number of hydrazone groups is 1. The predicted octanol–water partition coefficient (Wildman–Crippen LogP) is 3.76. The lowest BCUT2D eigenvalue weighted by atomic mass is 10.0. The van der Waals surface area contributed by atoms with Crippen molar-refractivity contribution in [3.63, 3.8) is 0 Å². The number of carbonyl (C=O) groups is 1. The first-order valence-corrected chi connectivity index (χ1v) is 9.29. The fraction of sp³-hybridized carbons (Fsp3) is 0.364. The summed E-state index contributed by atoms with van der Waals surface area (Å²) in [5.41, 5.74) is 1.63. The van der Waals surface area contributed by atoms with Crippen LogP contribution in [0.4, 0.5) is 0 Å². The maximum Gasteiger partial charge on any atom is 0.247 e. The molecular formula is C22H26N2O5.